The molecule has 0 bridgehead atoms. The van der Waals surface area contributed by atoms with E-state index in [1.165, 1.54) is 37.7 Å². The second kappa shape index (κ2) is 11.9. The zero-order valence-electron chi connectivity index (χ0n) is 20.3. The third kappa shape index (κ3) is 5.76. The standard InChI is InChI=1S/C27H29ClN4O4/c1-35-23-13-12-21(16-24(23)36-2)32(27(34)22-17-29-14-15-30-22)25(18-8-10-19(28)11-9-18)26(33)31-20-6-4-3-5-7-20/h8-17,20,25H,3-7H2,1-2H3,(H,31,33). The number of aromatic nitrogens is 2. The number of hydrogen-bond acceptors (Lipinski definition) is 6. The molecule has 1 N–H and O–H groups in total. The maximum absolute atomic E-state index is 13.9. The van der Waals surface area contributed by atoms with E-state index >= 15 is 0 Å². The predicted molar refractivity (Wildman–Crippen MR) is 138 cm³/mol. The van der Waals surface area contributed by atoms with Crippen molar-refractivity contribution in [2.24, 2.45) is 0 Å². The molecule has 1 aliphatic rings. The number of carbonyl (C=O) groups excluding carboxylic acids is 2. The number of nitrogens with one attached hydrogen (secondary N) is 1. The second-order valence-electron chi connectivity index (χ2n) is 8.60. The Bertz CT molecular complexity index is 1180. The topological polar surface area (TPSA) is 93.7 Å². The minimum Gasteiger partial charge on any atom is -0.493 e. The maximum Gasteiger partial charge on any atom is 0.279 e. The molecule has 0 saturated heterocycles. The summed E-state index contributed by atoms with van der Waals surface area (Å²) in [6, 6.07) is 11.1. The molecule has 2 aromatic carbocycles. The number of methoxy groups -OCH3 is 2. The highest BCUT2D eigenvalue weighted by atomic mass is 35.5. The Morgan fingerprint density at radius 1 is 1.00 bits per heavy atom. The molecule has 1 saturated carbocycles. The van der Waals surface area contributed by atoms with Crippen molar-refractivity contribution < 1.29 is 19.1 Å². The van der Waals surface area contributed by atoms with Crippen LogP contribution in [0.5, 0.6) is 11.5 Å². The monoisotopic (exact) mass is 508 g/mol. The van der Waals surface area contributed by atoms with Gasteiger partial charge in [0, 0.05) is 35.2 Å². The molecule has 1 aromatic heterocycles. The smallest absolute Gasteiger partial charge is 0.279 e. The van der Waals surface area contributed by atoms with Crippen molar-refractivity contribution in [3.05, 3.63) is 77.3 Å². The molecule has 4 rings (SSSR count). The molecule has 0 radical (unpaired) electrons. The molecular formula is C27H29ClN4O4. The number of rotatable bonds is 8. The van der Waals surface area contributed by atoms with Crippen molar-refractivity contribution in [1.82, 2.24) is 15.3 Å². The highest BCUT2D eigenvalue weighted by Crippen LogP contribution is 2.36. The Morgan fingerprint density at radius 2 is 1.72 bits per heavy atom. The fraction of sp³-hybridized carbons (Fsp3) is 0.333. The van der Waals surface area contributed by atoms with Gasteiger partial charge in [0.15, 0.2) is 11.5 Å². The first-order valence-corrected chi connectivity index (χ1v) is 12.3. The van der Waals surface area contributed by atoms with E-state index in [1.54, 1.807) is 42.5 Å². The summed E-state index contributed by atoms with van der Waals surface area (Å²) < 4.78 is 10.9. The molecule has 1 heterocycles. The lowest BCUT2D eigenvalue weighted by Crippen LogP contribution is -2.47. The van der Waals surface area contributed by atoms with Crippen LogP contribution in [0.4, 0.5) is 5.69 Å². The van der Waals surface area contributed by atoms with Gasteiger partial charge in [0.1, 0.15) is 11.7 Å². The van der Waals surface area contributed by atoms with Crippen LogP contribution < -0.4 is 19.7 Å². The molecule has 1 fully saturated rings. The van der Waals surface area contributed by atoms with Crippen LogP contribution in [0.25, 0.3) is 0 Å². The van der Waals surface area contributed by atoms with Crippen LogP contribution in [0.1, 0.15) is 54.2 Å². The summed E-state index contributed by atoms with van der Waals surface area (Å²) in [6.45, 7) is 0. The summed E-state index contributed by atoms with van der Waals surface area (Å²) in [5.41, 5.74) is 1.17. The van der Waals surface area contributed by atoms with Crippen LogP contribution in [0.15, 0.2) is 61.1 Å². The van der Waals surface area contributed by atoms with E-state index in [9.17, 15) is 9.59 Å². The third-order valence-electron chi connectivity index (χ3n) is 6.29. The molecule has 9 heteroatoms. The number of halogens is 1. The number of nitrogens with zero attached hydrogens (tertiary/aromatic N) is 3. The average Bonchev–Trinajstić information content (AvgIpc) is 2.92. The van der Waals surface area contributed by atoms with E-state index < -0.39 is 11.9 Å². The third-order valence-corrected chi connectivity index (χ3v) is 6.54. The number of anilines is 1. The van der Waals surface area contributed by atoms with Crippen molar-refractivity contribution >= 4 is 29.1 Å². The first kappa shape index (κ1) is 25.4. The Morgan fingerprint density at radius 3 is 2.36 bits per heavy atom. The Balaban J connectivity index is 1.84. The van der Waals surface area contributed by atoms with Crippen molar-refractivity contribution in [3.8, 4) is 11.5 Å². The van der Waals surface area contributed by atoms with Crippen LogP contribution in [-0.2, 0) is 4.79 Å². The second-order valence-corrected chi connectivity index (χ2v) is 9.04. The van der Waals surface area contributed by atoms with Gasteiger partial charge in [0.2, 0.25) is 5.91 Å². The van der Waals surface area contributed by atoms with Gasteiger partial charge in [-0.15, -0.1) is 0 Å². The van der Waals surface area contributed by atoms with Gasteiger partial charge in [0.05, 0.1) is 20.4 Å². The van der Waals surface area contributed by atoms with Gasteiger partial charge in [-0.2, -0.15) is 0 Å². The van der Waals surface area contributed by atoms with Gasteiger partial charge in [0.25, 0.3) is 5.91 Å². The van der Waals surface area contributed by atoms with Crippen LogP contribution in [0, 0.1) is 0 Å². The van der Waals surface area contributed by atoms with Gasteiger partial charge in [-0.25, -0.2) is 4.98 Å². The number of amides is 2. The lowest BCUT2D eigenvalue weighted by Gasteiger charge is -2.33. The molecular weight excluding hydrogens is 480 g/mol. The maximum atomic E-state index is 13.9. The van der Waals surface area contributed by atoms with Crippen molar-refractivity contribution in [2.75, 3.05) is 19.1 Å². The minimum absolute atomic E-state index is 0.0555. The van der Waals surface area contributed by atoms with Crippen LogP contribution in [-0.4, -0.2) is 42.0 Å². The zero-order valence-corrected chi connectivity index (χ0v) is 21.1. The van der Waals surface area contributed by atoms with Gasteiger partial charge in [-0.1, -0.05) is 43.0 Å². The normalized spacial score (nSPS) is 14.5. The van der Waals surface area contributed by atoms with E-state index in [4.69, 9.17) is 21.1 Å². The van der Waals surface area contributed by atoms with Gasteiger partial charge < -0.3 is 14.8 Å². The fourth-order valence-electron chi connectivity index (χ4n) is 4.48. The lowest BCUT2D eigenvalue weighted by atomic mass is 9.94. The number of carbonyl (C=O) groups is 2. The number of hydrogen-bond donors (Lipinski definition) is 1. The summed E-state index contributed by atoms with van der Waals surface area (Å²) in [5.74, 6) is 0.169. The molecule has 2 amide bonds. The van der Waals surface area contributed by atoms with E-state index in [0.29, 0.717) is 27.8 Å². The predicted octanol–water partition coefficient (Wildman–Crippen LogP) is 4.98. The molecule has 8 nitrogen and oxygen atoms in total. The Labute approximate surface area is 215 Å². The highest BCUT2D eigenvalue weighted by Gasteiger charge is 2.35. The molecule has 1 atom stereocenters. The number of benzene rings is 2. The molecule has 1 aliphatic carbocycles. The van der Waals surface area contributed by atoms with E-state index in [1.807, 2.05) is 0 Å². The van der Waals surface area contributed by atoms with Gasteiger partial charge in [-0.05, 0) is 42.7 Å². The van der Waals surface area contributed by atoms with E-state index in [-0.39, 0.29) is 17.6 Å². The van der Waals surface area contributed by atoms with Crippen molar-refractivity contribution in [2.45, 2.75) is 44.2 Å². The summed E-state index contributed by atoms with van der Waals surface area (Å²) >= 11 is 6.15. The summed E-state index contributed by atoms with van der Waals surface area (Å²) in [5, 5.41) is 3.71. The largest absolute Gasteiger partial charge is 0.493 e. The van der Waals surface area contributed by atoms with Gasteiger partial charge in [-0.3, -0.25) is 19.5 Å². The highest BCUT2D eigenvalue weighted by molar-refractivity contribution is 6.30. The molecule has 1 unspecified atom stereocenters. The SMILES string of the molecule is COc1ccc(N(C(=O)c2cnccn2)C(C(=O)NC2CCCCC2)c2ccc(Cl)cc2)cc1OC. The molecule has 0 spiro atoms. The summed E-state index contributed by atoms with van der Waals surface area (Å²) in [4.78, 5) is 37.5. The minimum atomic E-state index is -0.989. The van der Waals surface area contributed by atoms with E-state index in [0.717, 1.165) is 32.1 Å². The molecule has 3 aromatic rings. The van der Waals surface area contributed by atoms with Crippen LogP contribution in [0.2, 0.25) is 5.02 Å². The zero-order chi connectivity index (χ0) is 25.5. The van der Waals surface area contributed by atoms with Crippen molar-refractivity contribution in [3.63, 3.8) is 0 Å². The summed E-state index contributed by atoms with van der Waals surface area (Å²) in [6.07, 6.45) is 9.43. The van der Waals surface area contributed by atoms with Gasteiger partial charge >= 0.3 is 0 Å². The fourth-order valence-corrected chi connectivity index (χ4v) is 4.61. The summed E-state index contributed by atoms with van der Waals surface area (Å²) in [7, 11) is 3.05. The first-order chi connectivity index (χ1) is 17.5. The average molecular weight is 509 g/mol. The number of ether oxygens (including phenoxy) is 2. The van der Waals surface area contributed by atoms with Crippen molar-refractivity contribution in [1.29, 1.82) is 0 Å². The van der Waals surface area contributed by atoms with Crippen LogP contribution >= 0.6 is 11.6 Å². The van der Waals surface area contributed by atoms with Crippen LogP contribution in [0.3, 0.4) is 0 Å². The first-order valence-electron chi connectivity index (χ1n) is 11.9. The van der Waals surface area contributed by atoms with E-state index in [2.05, 4.69) is 15.3 Å². The molecule has 188 valence electrons. The molecule has 0 aliphatic heterocycles. The Hall–Kier alpha value is -3.65. The molecule has 36 heavy (non-hydrogen) atoms. The Kier molecular flexibility index (Phi) is 8.38. The quantitative estimate of drug-likeness (QED) is 0.461. The lowest BCUT2D eigenvalue weighted by molar-refractivity contribution is -0.123.